The lowest BCUT2D eigenvalue weighted by atomic mass is 10.2. The molecule has 0 saturated carbocycles. The first-order valence-electron chi connectivity index (χ1n) is 9.83. The summed E-state index contributed by atoms with van der Waals surface area (Å²) < 4.78 is 67.8. The summed E-state index contributed by atoms with van der Waals surface area (Å²) in [5.41, 5.74) is -1.61. The van der Waals surface area contributed by atoms with Gasteiger partial charge in [-0.15, -0.1) is 5.10 Å². The Balaban J connectivity index is 1.74. The van der Waals surface area contributed by atoms with Gasteiger partial charge in [0.15, 0.2) is 32.6 Å². The number of aromatic nitrogens is 7. The zero-order chi connectivity index (χ0) is 24.3. The first-order valence-corrected chi connectivity index (χ1v) is 11.5. The van der Waals surface area contributed by atoms with Crippen LogP contribution in [-0.4, -0.2) is 47.9 Å². The van der Waals surface area contributed by atoms with E-state index >= 15 is 0 Å². The quantitative estimate of drug-likeness (QED) is 0.381. The van der Waals surface area contributed by atoms with Gasteiger partial charge < -0.3 is 0 Å². The molecule has 0 unspecified atom stereocenters. The molecule has 14 heteroatoms. The van der Waals surface area contributed by atoms with Crippen LogP contribution in [0.3, 0.4) is 0 Å². The average Bonchev–Trinajstić information content (AvgIpc) is 3.40. The SMILES string of the molecule is CCS(=O)(=O)c1ccc(-n2nc3ccccn3c2=O)nc1-c1ccn2nc(C(F)(F)F)cc2n1. The van der Waals surface area contributed by atoms with Gasteiger partial charge >= 0.3 is 11.9 Å². The fourth-order valence-corrected chi connectivity index (χ4v) is 4.40. The lowest BCUT2D eigenvalue weighted by Gasteiger charge is -2.10. The molecule has 0 aliphatic rings. The molecule has 0 aliphatic heterocycles. The highest BCUT2D eigenvalue weighted by Gasteiger charge is 2.34. The Morgan fingerprint density at radius 1 is 0.971 bits per heavy atom. The second-order valence-electron chi connectivity index (χ2n) is 7.19. The lowest BCUT2D eigenvalue weighted by Crippen LogP contribution is -2.21. The molecular weight excluding hydrogens is 475 g/mol. The number of nitrogens with zero attached hydrogens (tertiary/aromatic N) is 7. The Kier molecular flexibility index (Phi) is 4.79. The van der Waals surface area contributed by atoms with Crippen molar-refractivity contribution in [1.29, 1.82) is 0 Å². The fraction of sp³-hybridized carbons (Fsp3) is 0.150. The van der Waals surface area contributed by atoms with Crippen molar-refractivity contribution < 1.29 is 21.6 Å². The van der Waals surface area contributed by atoms with E-state index in [1.165, 1.54) is 41.9 Å². The van der Waals surface area contributed by atoms with Crippen LogP contribution in [0.25, 0.3) is 28.5 Å². The molecule has 5 rings (SSSR count). The topological polar surface area (TPSA) is 117 Å². The summed E-state index contributed by atoms with van der Waals surface area (Å²) in [6, 6.07) is 9.61. The average molecular weight is 489 g/mol. The molecule has 0 spiro atoms. The van der Waals surface area contributed by atoms with Crippen molar-refractivity contribution in [3.05, 3.63) is 71.0 Å². The summed E-state index contributed by atoms with van der Waals surface area (Å²) in [6.45, 7) is 1.45. The first kappa shape index (κ1) is 21.8. The van der Waals surface area contributed by atoms with Gasteiger partial charge in [-0.1, -0.05) is 13.0 Å². The van der Waals surface area contributed by atoms with Crippen LogP contribution < -0.4 is 5.69 Å². The Bertz CT molecular complexity index is 1740. The van der Waals surface area contributed by atoms with Crippen molar-refractivity contribution in [1.82, 2.24) is 33.8 Å². The molecule has 5 aromatic rings. The molecular formula is C20H14F3N7O3S. The largest absolute Gasteiger partial charge is 0.435 e. The minimum atomic E-state index is -4.67. The minimum Gasteiger partial charge on any atom is -0.250 e. The van der Waals surface area contributed by atoms with Crippen molar-refractivity contribution in [2.45, 2.75) is 18.0 Å². The third-order valence-electron chi connectivity index (χ3n) is 5.06. The monoisotopic (exact) mass is 489 g/mol. The highest BCUT2D eigenvalue weighted by Crippen LogP contribution is 2.30. The van der Waals surface area contributed by atoms with Gasteiger partial charge in [0.1, 0.15) is 5.69 Å². The predicted octanol–water partition coefficient (Wildman–Crippen LogP) is 2.40. The van der Waals surface area contributed by atoms with Crippen molar-refractivity contribution in [2.24, 2.45) is 0 Å². The normalized spacial score (nSPS) is 12.6. The Morgan fingerprint density at radius 3 is 2.47 bits per heavy atom. The molecule has 0 saturated heterocycles. The van der Waals surface area contributed by atoms with Gasteiger partial charge in [0.2, 0.25) is 0 Å². The lowest BCUT2D eigenvalue weighted by molar-refractivity contribution is -0.141. The number of halogens is 3. The van der Waals surface area contributed by atoms with Crippen LogP contribution in [0.2, 0.25) is 0 Å². The molecule has 174 valence electrons. The third kappa shape index (κ3) is 3.51. The van der Waals surface area contributed by atoms with Crippen LogP contribution in [0, 0.1) is 0 Å². The second kappa shape index (κ2) is 7.48. The molecule has 5 aromatic heterocycles. The summed E-state index contributed by atoms with van der Waals surface area (Å²) >= 11 is 0. The second-order valence-corrected chi connectivity index (χ2v) is 9.43. The van der Waals surface area contributed by atoms with E-state index in [1.807, 2.05) is 0 Å². The zero-order valence-corrected chi connectivity index (χ0v) is 18.1. The molecule has 0 fully saturated rings. The molecule has 0 radical (unpaired) electrons. The van der Waals surface area contributed by atoms with Crippen LogP contribution in [0.15, 0.2) is 64.5 Å². The van der Waals surface area contributed by atoms with E-state index in [0.717, 1.165) is 15.3 Å². The summed E-state index contributed by atoms with van der Waals surface area (Å²) in [6.07, 6.45) is -1.93. The molecule has 10 nitrogen and oxygen atoms in total. The van der Waals surface area contributed by atoms with Gasteiger partial charge in [-0.3, -0.25) is 0 Å². The third-order valence-corrected chi connectivity index (χ3v) is 6.82. The van der Waals surface area contributed by atoms with E-state index in [0.29, 0.717) is 5.65 Å². The van der Waals surface area contributed by atoms with E-state index < -0.39 is 27.4 Å². The molecule has 0 bridgehead atoms. The van der Waals surface area contributed by atoms with Gasteiger partial charge in [-0.05, 0) is 30.3 Å². The van der Waals surface area contributed by atoms with Crippen molar-refractivity contribution in [2.75, 3.05) is 5.75 Å². The smallest absolute Gasteiger partial charge is 0.250 e. The van der Waals surface area contributed by atoms with Crippen LogP contribution in [0.1, 0.15) is 12.6 Å². The number of alkyl halides is 3. The van der Waals surface area contributed by atoms with Gasteiger partial charge in [0.05, 0.1) is 16.3 Å². The number of sulfone groups is 1. The van der Waals surface area contributed by atoms with E-state index in [1.54, 1.807) is 18.2 Å². The molecule has 0 aromatic carbocycles. The number of rotatable bonds is 4. The highest BCUT2D eigenvalue weighted by molar-refractivity contribution is 7.91. The van der Waals surface area contributed by atoms with Crippen molar-refractivity contribution >= 4 is 21.1 Å². The Hall–Kier alpha value is -4.07. The Morgan fingerprint density at radius 2 is 1.76 bits per heavy atom. The van der Waals surface area contributed by atoms with Crippen LogP contribution >= 0.6 is 0 Å². The van der Waals surface area contributed by atoms with Crippen LogP contribution in [0.4, 0.5) is 13.2 Å². The van der Waals surface area contributed by atoms with Gasteiger partial charge in [0.25, 0.3) is 0 Å². The molecule has 0 N–H and O–H groups in total. The maximum absolute atomic E-state index is 13.0. The minimum absolute atomic E-state index is 0.00758. The van der Waals surface area contributed by atoms with Crippen LogP contribution in [-0.2, 0) is 16.0 Å². The first-order chi connectivity index (χ1) is 16.1. The summed E-state index contributed by atoms with van der Waals surface area (Å²) in [7, 11) is -3.80. The fourth-order valence-electron chi connectivity index (χ4n) is 3.37. The van der Waals surface area contributed by atoms with Crippen molar-refractivity contribution in [3.8, 4) is 17.2 Å². The number of hydrogen-bond donors (Lipinski definition) is 0. The van der Waals surface area contributed by atoms with Crippen molar-refractivity contribution in [3.63, 3.8) is 0 Å². The molecule has 0 aliphatic carbocycles. The van der Waals surface area contributed by atoms with E-state index in [9.17, 15) is 26.4 Å². The number of pyridine rings is 2. The highest BCUT2D eigenvalue weighted by atomic mass is 32.2. The van der Waals surface area contributed by atoms with Gasteiger partial charge in [-0.2, -0.15) is 23.0 Å². The summed E-state index contributed by atoms with van der Waals surface area (Å²) in [5.74, 6) is -0.229. The molecule has 5 heterocycles. The van der Waals surface area contributed by atoms with Crippen LogP contribution in [0.5, 0.6) is 0 Å². The number of hydrogen-bond acceptors (Lipinski definition) is 7. The van der Waals surface area contributed by atoms with E-state index in [4.69, 9.17) is 0 Å². The summed E-state index contributed by atoms with van der Waals surface area (Å²) in [4.78, 5) is 21.1. The summed E-state index contributed by atoms with van der Waals surface area (Å²) in [5, 5.41) is 7.64. The molecule has 0 amide bonds. The maximum Gasteiger partial charge on any atom is 0.435 e. The molecule has 34 heavy (non-hydrogen) atoms. The standard InChI is InChI=1S/C20H14F3N7O3S/c1-2-34(32,33)13-6-7-15(30-19(31)28-9-4-3-5-16(28)27-30)25-18(13)12-8-10-29-17(24-12)11-14(26-29)20(21,22)23/h3-11H,2H2,1H3. The zero-order valence-electron chi connectivity index (χ0n) is 17.3. The molecule has 0 atom stereocenters. The Labute approximate surface area is 188 Å². The van der Waals surface area contributed by atoms with Gasteiger partial charge in [-0.25, -0.2) is 32.1 Å². The van der Waals surface area contributed by atoms with E-state index in [2.05, 4.69) is 20.2 Å². The van der Waals surface area contributed by atoms with Gasteiger partial charge in [0, 0.05) is 18.5 Å². The van der Waals surface area contributed by atoms with E-state index in [-0.39, 0.29) is 33.5 Å². The maximum atomic E-state index is 13.0. The predicted molar refractivity (Wildman–Crippen MR) is 113 cm³/mol. The number of fused-ring (bicyclic) bond motifs is 2.